The molecule has 2 N–H and O–H groups in total. The van der Waals surface area contributed by atoms with Crippen molar-refractivity contribution in [2.24, 2.45) is 0 Å². The van der Waals surface area contributed by atoms with Crippen molar-refractivity contribution < 1.29 is 19.4 Å². The summed E-state index contributed by atoms with van der Waals surface area (Å²) in [7, 11) is 7.56. The van der Waals surface area contributed by atoms with Crippen molar-refractivity contribution >= 4 is 17.7 Å². The Morgan fingerprint density at radius 2 is 1.78 bits per heavy atom. The van der Waals surface area contributed by atoms with Crippen LogP contribution in [0.4, 0.5) is 10.5 Å². The van der Waals surface area contributed by atoms with Crippen LogP contribution in [0.3, 0.4) is 0 Å². The molecule has 0 radical (unpaired) electrons. The van der Waals surface area contributed by atoms with Crippen molar-refractivity contribution in [3.8, 4) is 5.75 Å². The second-order valence-electron chi connectivity index (χ2n) is 8.19. The molecule has 1 saturated heterocycles. The molecule has 2 atom stereocenters. The highest BCUT2D eigenvalue weighted by Gasteiger charge is 2.44. The molecule has 0 spiro atoms. The summed E-state index contributed by atoms with van der Waals surface area (Å²) in [5, 5.41) is 11.3. The van der Waals surface area contributed by atoms with E-state index < -0.39 is 6.09 Å². The molecular weight excluding hydrogens is 408 g/mol. The minimum atomic E-state index is -1.08. The van der Waals surface area contributed by atoms with Crippen LogP contribution in [0.15, 0.2) is 48.5 Å². The lowest BCUT2D eigenvalue weighted by molar-refractivity contribution is -0.130. The number of carbonyl (C=O) groups excluding carboxylic acids is 1. The van der Waals surface area contributed by atoms with Crippen molar-refractivity contribution in [1.29, 1.82) is 0 Å². The first-order valence-electron chi connectivity index (χ1n) is 10.7. The number of nitrogens with one attached hydrogen (secondary N) is 1. The van der Waals surface area contributed by atoms with Gasteiger partial charge in [-0.25, -0.2) is 4.79 Å². The van der Waals surface area contributed by atoms with Crippen molar-refractivity contribution in [3.05, 3.63) is 59.7 Å². The molecule has 1 unspecified atom stereocenters. The quantitative estimate of drug-likeness (QED) is 0.624. The van der Waals surface area contributed by atoms with Gasteiger partial charge in [-0.1, -0.05) is 24.3 Å². The Balaban J connectivity index is 1.81. The average Bonchev–Trinajstić information content (AvgIpc) is 3.02. The van der Waals surface area contributed by atoms with Crippen LogP contribution in [0.1, 0.15) is 23.7 Å². The van der Waals surface area contributed by atoms with E-state index in [4.69, 9.17) is 9.84 Å². The highest BCUT2D eigenvalue weighted by Crippen LogP contribution is 2.35. The first kappa shape index (κ1) is 23.4. The molecule has 8 nitrogen and oxygen atoms in total. The van der Waals surface area contributed by atoms with Crippen LogP contribution in [-0.4, -0.2) is 74.3 Å². The van der Waals surface area contributed by atoms with Gasteiger partial charge in [0.1, 0.15) is 11.9 Å². The van der Waals surface area contributed by atoms with Crippen molar-refractivity contribution in [2.45, 2.75) is 25.0 Å². The van der Waals surface area contributed by atoms with Gasteiger partial charge < -0.3 is 25.0 Å². The second-order valence-corrected chi connectivity index (χ2v) is 8.19. The number of rotatable bonds is 9. The van der Waals surface area contributed by atoms with Gasteiger partial charge in [-0.2, -0.15) is 0 Å². The lowest BCUT2D eigenvalue weighted by Gasteiger charge is -2.29. The summed E-state index contributed by atoms with van der Waals surface area (Å²) in [5.41, 5.74) is 3.25. The van der Waals surface area contributed by atoms with Crippen molar-refractivity contribution in [1.82, 2.24) is 15.1 Å². The number of amides is 2. The molecule has 172 valence electrons. The lowest BCUT2D eigenvalue weighted by Crippen LogP contribution is -2.35. The van der Waals surface area contributed by atoms with Crippen LogP contribution in [0.25, 0.3) is 0 Å². The topological polar surface area (TPSA) is 85.3 Å². The van der Waals surface area contributed by atoms with Gasteiger partial charge in [0.2, 0.25) is 5.91 Å². The lowest BCUT2D eigenvalue weighted by atomic mass is 10.1. The predicted molar refractivity (Wildman–Crippen MR) is 124 cm³/mol. The molecule has 2 amide bonds. The third kappa shape index (κ3) is 5.31. The standard InChI is InChI=1S/C24H32N4O4/c1-26(2)19-9-7-18(8-10-19)22-27(3)21(13-15-25-24(30)31)23(29)28(22)16-14-17-5-11-20(32-4)12-6-17/h5-12,21-22,25H,13-16H2,1-4H3,(H,30,31)/t21-,22?/m0/s1. The first-order chi connectivity index (χ1) is 15.3. The molecule has 1 aliphatic heterocycles. The van der Waals surface area contributed by atoms with Gasteiger partial charge in [0.15, 0.2) is 0 Å². The van der Waals surface area contributed by atoms with Gasteiger partial charge in [-0.15, -0.1) is 0 Å². The smallest absolute Gasteiger partial charge is 0.404 e. The van der Waals surface area contributed by atoms with Gasteiger partial charge in [0.25, 0.3) is 0 Å². The van der Waals surface area contributed by atoms with E-state index in [0.717, 1.165) is 29.0 Å². The molecule has 0 bridgehead atoms. The van der Waals surface area contributed by atoms with Gasteiger partial charge >= 0.3 is 6.09 Å². The third-order valence-corrected chi connectivity index (χ3v) is 5.94. The van der Waals surface area contributed by atoms with Gasteiger partial charge in [-0.3, -0.25) is 9.69 Å². The number of likely N-dealkylation sites (N-methyl/N-ethyl adjacent to an activating group) is 1. The van der Waals surface area contributed by atoms with E-state index in [-0.39, 0.29) is 24.7 Å². The first-order valence-corrected chi connectivity index (χ1v) is 10.7. The second kappa shape index (κ2) is 10.4. The fraction of sp³-hybridized carbons (Fsp3) is 0.417. The highest BCUT2D eigenvalue weighted by atomic mass is 16.5. The molecule has 0 saturated carbocycles. The largest absolute Gasteiger partial charge is 0.497 e. The number of ether oxygens (including phenoxy) is 1. The Kier molecular flexibility index (Phi) is 7.58. The van der Waals surface area contributed by atoms with Crippen LogP contribution in [0.2, 0.25) is 0 Å². The molecular formula is C24H32N4O4. The predicted octanol–water partition coefficient (Wildman–Crippen LogP) is 2.80. The van der Waals surface area contributed by atoms with E-state index in [0.29, 0.717) is 13.0 Å². The summed E-state index contributed by atoms with van der Waals surface area (Å²) >= 11 is 0. The normalized spacial score (nSPS) is 18.6. The number of nitrogens with zero attached hydrogens (tertiary/aromatic N) is 3. The summed E-state index contributed by atoms with van der Waals surface area (Å²) in [5.74, 6) is 0.825. The zero-order chi connectivity index (χ0) is 23.3. The molecule has 1 fully saturated rings. The van der Waals surface area contributed by atoms with E-state index >= 15 is 0 Å². The zero-order valence-electron chi connectivity index (χ0n) is 19.1. The summed E-state index contributed by atoms with van der Waals surface area (Å²) < 4.78 is 5.23. The van der Waals surface area contributed by atoms with Crippen molar-refractivity contribution in [3.63, 3.8) is 0 Å². The summed E-state index contributed by atoms with van der Waals surface area (Å²) in [6.45, 7) is 0.799. The zero-order valence-corrected chi connectivity index (χ0v) is 19.1. The number of carbonyl (C=O) groups is 2. The Morgan fingerprint density at radius 1 is 1.12 bits per heavy atom. The maximum absolute atomic E-state index is 13.4. The number of hydrogen-bond acceptors (Lipinski definition) is 5. The number of methoxy groups -OCH3 is 1. The summed E-state index contributed by atoms with van der Waals surface area (Å²) in [4.78, 5) is 30.2. The molecule has 32 heavy (non-hydrogen) atoms. The van der Waals surface area contributed by atoms with Crippen molar-refractivity contribution in [2.75, 3.05) is 46.2 Å². The minimum Gasteiger partial charge on any atom is -0.497 e. The number of carboxylic acid groups (broad SMARTS) is 1. The summed E-state index contributed by atoms with van der Waals surface area (Å²) in [6.07, 6.45) is -0.139. The maximum atomic E-state index is 13.4. The fourth-order valence-corrected chi connectivity index (χ4v) is 4.15. The van der Waals surface area contributed by atoms with Crippen LogP contribution in [0, 0.1) is 0 Å². The fourth-order valence-electron chi connectivity index (χ4n) is 4.15. The van der Waals surface area contributed by atoms with Gasteiger partial charge in [0.05, 0.1) is 13.2 Å². The molecule has 0 aromatic heterocycles. The molecule has 2 aromatic rings. The molecule has 8 heteroatoms. The molecule has 1 heterocycles. The number of hydrogen-bond donors (Lipinski definition) is 2. The average molecular weight is 441 g/mol. The van der Waals surface area contributed by atoms with Gasteiger partial charge in [-0.05, 0) is 55.3 Å². The Bertz CT molecular complexity index is 915. The maximum Gasteiger partial charge on any atom is 0.404 e. The highest BCUT2D eigenvalue weighted by molar-refractivity contribution is 5.84. The van der Waals surface area contributed by atoms with E-state index in [1.807, 2.05) is 60.1 Å². The Labute approximate surface area is 189 Å². The molecule has 2 aromatic carbocycles. The minimum absolute atomic E-state index is 0.0230. The summed E-state index contributed by atoms with van der Waals surface area (Å²) in [6, 6.07) is 15.7. The van der Waals surface area contributed by atoms with E-state index in [9.17, 15) is 9.59 Å². The van der Waals surface area contributed by atoms with E-state index in [1.165, 1.54) is 0 Å². The van der Waals surface area contributed by atoms with E-state index in [1.54, 1.807) is 7.11 Å². The SMILES string of the molecule is COc1ccc(CCN2C(=O)[C@H](CCNC(=O)O)N(C)C2c2ccc(N(C)C)cc2)cc1. The molecule has 3 rings (SSSR count). The van der Waals surface area contributed by atoms with E-state index in [2.05, 4.69) is 29.6 Å². The van der Waals surface area contributed by atoms with Crippen LogP contribution in [0.5, 0.6) is 5.75 Å². The molecule has 1 aliphatic rings. The number of anilines is 1. The number of benzene rings is 2. The third-order valence-electron chi connectivity index (χ3n) is 5.94. The Morgan fingerprint density at radius 3 is 2.34 bits per heavy atom. The Hall–Kier alpha value is -3.26. The van der Waals surface area contributed by atoms with Crippen LogP contribution in [-0.2, 0) is 11.2 Å². The van der Waals surface area contributed by atoms with Crippen LogP contribution < -0.4 is 15.0 Å². The van der Waals surface area contributed by atoms with Gasteiger partial charge in [0, 0.05) is 32.9 Å². The monoisotopic (exact) mass is 440 g/mol. The molecule has 0 aliphatic carbocycles. The van der Waals surface area contributed by atoms with Crippen LogP contribution >= 0.6 is 0 Å².